The quantitative estimate of drug-likeness (QED) is 0.614. The normalized spacial score (nSPS) is 13.4. The molecule has 6 nitrogen and oxygen atoms in total. The lowest BCUT2D eigenvalue weighted by Crippen LogP contribution is -2.18. The molecule has 162 valence electrons. The second-order valence-corrected chi connectivity index (χ2v) is 7.13. The summed E-state index contributed by atoms with van der Waals surface area (Å²) < 4.78 is 48.3. The molecule has 2 heterocycles. The smallest absolute Gasteiger partial charge is 0.496 e. The minimum Gasteiger partial charge on any atom is -0.496 e. The van der Waals surface area contributed by atoms with Crippen molar-refractivity contribution >= 4 is 11.6 Å². The first-order valence-electron chi connectivity index (χ1n) is 9.74. The Morgan fingerprint density at radius 1 is 1.13 bits per heavy atom. The number of hydrogen-bond acceptors (Lipinski definition) is 4. The molecule has 0 radical (unpaired) electrons. The Morgan fingerprint density at radius 2 is 1.90 bits per heavy atom. The van der Waals surface area contributed by atoms with Crippen LogP contribution in [0.15, 0.2) is 48.7 Å². The van der Waals surface area contributed by atoms with Gasteiger partial charge in [0.1, 0.15) is 17.3 Å². The summed E-state index contributed by atoms with van der Waals surface area (Å²) in [4.78, 5) is 17.3. The van der Waals surface area contributed by atoms with Gasteiger partial charge in [-0.3, -0.25) is 4.79 Å². The van der Waals surface area contributed by atoms with Gasteiger partial charge in [0.05, 0.1) is 18.4 Å². The molecule has 0 fully saturated rings. The number of imidazole rings is 1. The van der Waals surface area contributed by atoms with Gasteiger partial charge in [0.25, 0.3) is 5.91 Å². The number of amides is 1. The minimum atomic E-state index is -4.83. The Kier molecular flexibility index (Phi) is 5.58. The topological polar surface area (TPSA) is 65.4 Å². The number of methoxy groups -OCH3 is 1. The highest BCUT2D eigenvalue weighted by molar-refractivity contribution is 6.06. The molecule has 0 bridgehead atoms. The van der Waals surface area contributed by atoms with Crippen molar-refractivity contribution in [3.8, 4) is 22.8 Å². The van der Waals surface area contributed by atoms with Crippen molar-refractivity contribution in [2.45, 2.75) is 32.2 Å². The number of aromatic nitrogens is 2. The molecule has 4 rings (SSSR count). The summed E-state index contributed by atoms with van der Waals surface area (Å²) in [5, 5.41) is 2.72. The zero-order valence-corrected chi connectivity index (χ0v) is 16.7. The van der Waals surface area contributed by atoms with Crippen molar-refractivity contribution in [1.82, 2.24) is 9.55 Å². The Balaban J connectivity index is 1.48. The third kappa shape index (κ3) is 4.82. The van der Waals surface area contributed by atoms with E-state index in [2.05, 4.69) is 19.6 Å². The van der Waals surface area contributed by atoms with Crippen LogP contribution in [0.1, 0.15) is 29.0 Å². The van der Waals surface area contributed by atoms with E-state index in [4.69, 9.17) is 4.74 Å². The average molecular weight is 431 g/mol. The Bertz CT molecular complexity index is 1070. The van der Waals surface area contributed by atoms with E-state index in [1.54, 1.807) is 12.1 Å². The van der Waals surface area contributed by atoms with Gasteiger partial charge < -0.3 is 19.4 Å². The number of ether oxygens (including phenoxy) is 2. The minimum absolute atomic E-state index is 0.0283. The molecule has 31 heavy (non-hydrogen) atoms. The monoisotopic (exact) mass is 431 g/mol. The highest BCUT2D eigenvalue weighted by Gasteiger charge is 2.31. The van der Waals surface area contributed by atoms with Crippen molar-refractivity contribution in [1.29, 1.82) is 0 Å². The number of nitrogens with one attached hydrogen (secondary N) is 1. The van der Waals surface area contributed by atoms with Crippen molar-refractivity contribution in [3.63, 3.8) is 0 Å². The lowest BCUT2D eigenvalue weighted by atomic mass is 10.1. The van der Waals surface area contributed by atoms with Gasteiger partial charge in [-0.25, -0.2) is 4.98 Å². The fourth-order valence-electron chi connectivity index (χ4n) is 3.53. The van der Waals surface area contributed by atoms with Crippen LogP contribution in [0.25, 0.3) is 11.3 Å². The lowest BCUT2D eigenvalue weighted by molar-refractivity contribution is -0.274. The van der Waals surface area contributed by atoms with E-state index in [0.29, 0.717) is 5.69 Å². The number of fused-ring (bicyclic) bond motifs is 1. The number of benzene rings is 2. The highest BCUT2D eigenvalue weighted by atomic mass is 19.4. The largest absolute Gasteiger partial charge is 0.573 e. The molecule has 3 aromatic rings. The Morgan fingerprint density at radius 3 is 2.58 bits per heavy atom. The third-order valence-corrected chi connectivity index (χ3v) is 5.00. The number of aryl methyl sites for hydroxylation is 2. The molecular formula is C22H20F3N3O3. The molecule has 1 N–H and O–H groups in total. The van der Waals surface area contributed by atoms with Crippen molar-refractivity contribution < 1.29 is 27.4 Å². The summed E-state index contributed by atoms with van der Waals surface area (Å²) in [7, 11) is 1.27. The predicted octanol–water partition coefficient (Wildman–Crippen LogP) is 5.05. The van der Waals surface area contributed by atoms with E-state index in [-0.39, 0.29) is 11.3 Å². The van der Waals surface area contributed by atoms with Crippen molar-refractivity contribution in [2.24, 2.45) is 0 Å². The van der Waals surface area contributed by atoms with Crippen LogP contribution in [0.3, 0.4) is 0 Å². The SMILES string of the molecule is COc1cc(OC(F)(F)F)ccc1C(=O)Nc1ccc(-c2cn3c(n2)CCCC3)cc1. The molecule has 0 unspecified atom stereocenters. The van der Waals surface area contributed by atoms with Gasteiger partial charge in [-0.15, -0.1) is 13.2 Å². The maximum absolute atomic E-state index is 12.6. The maximum Gasteiger partial charge on any atom is 0.573 e. The Labute approximate surface area is 176 Å². The molecule has 0 atom stereocenters. The second-order valence-electron chi connectivity index (χ2n) is 7.13. The zero-order chi connectivity index (χ0) is 22.0. The predicted molar refractivity (Wildman–Crippen MR) is 108 cm³/mol. The maximum atomic E-state index is 12.6. The second kappa shape index (κ2) is 8.33. The summed E-state index contributed by atoms with van der Waals surface area (Å²) >= 11 is 0. The van der Waals surface area contributed by atoms with Gasteiger partial charge in [-0.05, 0) is 37.1 Å². The molecule has 0 saturated carbocycles. The van der Waals surface area contributed by atoms with E-state index < -0.39 is 18.0 Å². The summed E-state index contributed by atoms with van der Waals surface area (Å²) in [6.45, 7) is 0.977. The first-order valence-corrected chi connectivity index (χ1v) is 9.74. The Hall–Kier alpha value is -3.49. The van der Waals surface area contributed by atoms with E-state index in [1.807, 2.05) is 18.3 Å². The van der Waals surface area contributed by atoms with E-state index in [9.17, 15) is 18.0 Å². The number of nitrogens with zero attached hydrogens (tertiary/aromatic N) is 2. The number of anilines is 1. The number of halogens is 3. The van der Waals surface area contributed by atoms with Crippen LogP contribution in [-0.2, 0) is 13.0 Å². The fraction of sp³-hybridized carbons (Fsp3) is 0.273. The summed E-state index contributed by atoms with van der Waals surface area (Å²) in [6, 6.07) is 10.5. The fourth-order valence-corrected chi connectivity index (χ4v) is 3.53. The zero-order valence-electron chi connectivity index (χ0n) is 16.7. The van der Waals surface area contributed by atoms with Gasteiger partial charge in [-0.1, -0.05) is 12.1 Å². The van der Waals surface area contributed by atoms with E-state index in [1.165, 1.54) is 13.2 Å². The number of carbonyl (C=O) groups is 1. The summed E-state index contributed by atoms with van der Waals surface area (Å²) in [6.07, 6.45) is 0.486. The van der Waals surface area contributed by atoms with Crippen LogP contribution in [0.5, 0.6) is 11.5 Å². The van der Waals surface area contributed by atoms with Gasteiger partial charge >= 0.3 is 6.36 Å². The molecule has 0 saturated heterocycles. The highest BCUT2D eigenvalue weighted by Crippen LogP contribution is 2.30. The molecule has 0 aliphatic carbocycles. The molecule has 2 aromatic carbocycles. The first kappa shape index (κ1) is 20.8. The summed E-state index contributed by atoms with van der Waals surface area (Å²) in [5.74, 6) is 0.0803. The molecule has 1 aliphatic heterocycles. The number of rotatable bonds is 5. The van der Waals surface area contributed by atoms with Gasteiger partial charge in [0.15, 0.2) is 0 Å². The van der Waals surface area contributed by atoms with E-state index in [0.717, 1.165) is 55.0 Å². The van der Waals surface area contributed by atoms with Crippen LogP contribution in [0, 0.1) is 0 Å². The molecule has 9 heteroatoms. The van der Waals surface area contributed by atoms with Gasteiger partial charge in [0, 0.05) is 36.5 Å². The molecule has 1 aliphatic rings. The van der Waals surface area contributed by atoms with Crippen LogP contribution in [0.4, 0.5) is 18.9 Å². The molecule has 1 aromatic heterocycles. The first-order chi connectivity index (χ1) is 14.8. The molecule has 0 spiro atoms. The van der Waals surface area contributed by atoms with Crippen molar-refractivity contribution in [3.05, 3.63) is 60.0 Å². The van der Waals surface area contributed by atoms with Gasteiger partial charge in [-0.2, -0.15) is 0 Å². The lowest BCUT2D eigenvalue weighted by Gasteiger charge is -2.13. The number of carbonyl (C=O) groups excluding carboxylic acids is 1. The number of alkyl halides is 3. The van der Waals surface area contributed by atoms with Crippen LogP contribution in [-0.4, -0.2) is 28.9 Å². The van der Waals surface area contributed by atoms with Crippen LogP contribution in [0.2, 0.25) is 0 Å². The van der Waals surface area contributed by atoms with Gasteiger partial charge in [0.2, 0.25) is 0 Å². The van der Waals surface area contributed by atoms with Crippen LogP contribution >= 0.6 is 0 Å². The van der Waals surface area contributed by atoms with Crippen LogP contribution < -0.4 is 14.8 Å². The average Bonchev–Trinajstić information content (AvgIpc) is 3.17. The number of hydrogen-bond donors (Lipinski definition) is 1. The van der Waals surface area contributed by atoms with Crippen molar-refractivity contribution in [2.75, 3.05) is 12.4 Å². The third-order valence-electron chi connectivity index (χ3n) is 5.00. The van der Waals surface area contributed by atoms with E-state index >= 15 is 0 Å². The standard InChI is InChI=1S/C22H20F3N3O3/c1-30-19-12-16(31-22(23,24)25)9-10-17(19)21(29)26-15-7-5-14(6-8-15)18-13-28-11-3-2-4-20(28)27-18/h5-10,12-13H,2-4,11H2,1H3,(H,26,29). The summed E-state index contributed by atoms with van der Waals surface area (Å²) in [5.41, 5.74) is 2.45. The molecule has 1 amide bonds. The molecular weight excluding hydrogens is 411 g/mol.